The Labute approximate surface area is 170 Å². The Morgan fingerprint density at radius 1 is 1.00 bits per heavy atom. The van der Waals surface area contributed by atoms with Crippen LogP contribution < -0.4 is 5.43 Å². The Kier molecular flexibility index (Phi) is 6.03. The van der Waals surface area contributed by atoms with Gasteiger partial charge in [0.1, 0.15) is 5.69 Å². The van der Waals surface area contributed by atoms with Crippen LogP contribution in [-0.4, -0.2) is 19.9 Å². The second-order valence-electron chi connectivity index (χ2n) is 6.68. The minimum Gasteiger partial charge on any atom is -0.271 e. The van der Waals surface area contributed by atoms with Crippen molar-refractivity contribution in [3.8, 4) is 0 Å². The first-order valence-corrected chi connectivity index (χ1v) is 9.71. The fourth-order valence-electron chi connectivity index (χ4n) is 3.36. The van der Waals surface area contributed by atoms with E-state index in [1.807, 2.05) is 30.3 Å². The van der Waals surface area contributed by atoms with Crippen molar-refractivity contribution in [3.63, 3.8) is 0 Å². The molecule has 0 heterocycles. The number of rotatable bonds is 6. The van der Waals surface area contributed by atoms with E-state index in [0.29, 0.717) is 0 Å². The zero-order chi connectivity index (χ0) is 20.1. The van der Waals surface area contributed by atoms with Crippen LogP contribution in [0.4, 0.5) is 17.1 Å². The van der Waals surface area contributed by atoms with Gasteiger partial charge in [-0.15, -0.1) is 0 Å². The van der Waals surface area contributed by atoms with E-state index in [0.717, 1.165) is 49.4 Å². The van der Waals surface area contributed by atoms with Crippen molar-refractivity contribution in [3.05, 3.63) is 74.3 Å². The molecular weight excluding hydrogens is 428 g/mol. The number of nitrogens with one attached hydrogen (secondary N) is 1. The van der Waals surface area contributed by atoms with Crippen molar-refractivity contribution in [1.82, 2.24) is 0 Å². The van der Waals surface area contributed by atoms with Crippen LogP contribution >= 0.6 is 15.9 Å². The van der Waals surface area contributed by atoms with Gasteiger partial charge in [0, 0.05) is 6.07 Å². The highest BCUT2D eigenvalue weighted by Crippen LogP contribution is 2.39. The second kappa shape index (κ2) is 8.47. The molecule has 1 aliphatic rings. The van der Waals surface area contributed by atoms with E-state index in [1.54, 1.807) is 0 Å². The summed E-state index contributed by atoms with van der Waals surface area (Å²) in [7, 11) is 0. The SMILES string of the molecule is O=[N+]([O-])c1ccc(NN=C(c2ccccc2)C2(Br)CCCCC2)c([N+](=O)[O-])c1. The molecule has 9 heteroatoms. The third kappa shape index (κ3) is 4.36. The van der Waals surface area contributed by atoms with Crippen molar-refractivity contribution < 1.29 is 9.85 Å². The van der Waals surface area contributed by atoms with E-state index < -0.39 is 15.5 Å². The standard InChI is InChI=1S/C19H19BrN4O4/c20-19(11-5-2-6-12-19)18(14-7-3-1-4-8-14)22-21-16-10-9-15(23(25)26)13-17(16)24(27)28/h1,3-4,7-10,13,21H,2,5-6,11-12H2. The van der Waals surface area contributed by atoms with Crippen LogP contribution in [0.3, 0.4) is 0 Å². The third-order valence-electron chi connectivity index (χ3n) is 4.79. The molecule has 8 nitrogen and oxygen atoms in total. The molecule has 0 atom stereocenters. The number of non-ortho nitro benzene ring substituents is 1. The van der Waals surface area contributed by atoms with Gasteiger partial charge >= 0.3 is 5.69 Å². The quantitative estimate of drug-likeness (QED) is 0.275. The number of halogens is 1. The van der Waals surface area contributed by atoms with Gasteiger partial charge in [0.15, 0.2) is 0 Å². The first-order valence-electron chi connectivity index (χ1n) is 8.92. The van der Waals surface area contributed by atoms with Crippen LogP contribution in [0.1, 0.15) is 37.7 Å². The molecule has 3 rings (SSSR count). The normalized spacial score (nSPS) is 16.4. The molecule has 0 radical (unpaired) electrons. The minimum atomic E-state index is -0.662. The number of hydrogen-bond donors (Lipinski definition) is 1. The molecule has 1 N–H and O–H groups in total. The average molecular weight is 447 g/mol. The number of nitrogens with zero attached hydrogens (tertiary/aromatic N) is 3. The summed E-state index contributed by atoms with van der Waals surface area (Å²) >= 11 is 3.86. The Morgan fingerprint density at radius 2 is 1.68 bits per heavy atom. The first kappa shape index (κ1) is 19.9. The maximum atomic E-state index is 11.4. The van der Waals surface area contributed by atoms with E-state index >= 15 is 0 Å². The molecule has 0 unspecified atom stereocenters. The van der Waals surface area contributed by atoms with Gasteiger partial charge in [-0.05, 0) is 24.5 Å². The van der Waals surface area contributed by atoms with Gasteiger partial charge < -0.3 is 0 Å². The van der Waals surface area contributed by atoms with E-state index in [9.17, 15) is 20.2 Å². The number of hydrogen-bond acceptors (Lipinski definition) is 6. The van der Waals surface area contributed by atoms with E-state index in [1.165, 1.54) is 12.1 Å². The number of hydrazone groups is 1. The molecule has 0 aliphatic heterocycles. The largest absolute Gasteiger partial charge is 0.301 e. The van der Waals surface area contributed by atoms with Crippen LogP contribution in [0.5, 0.6) is 0 Å². The monoisotopic (exact) mass is 446 g/mol. The van der Waals surface area contributed by atoms with Gasteiger partial charge in [0.05, 0.1) is 25.9 Å². The molecule has 1 saturated carbocycles. The van der Waals surface area contributed by atoms with E-state index in [-0.39, 0.29) is 15.7 Å². The molecule has 2 aromatic rings. The summed E-state index contributed by atoms with van der Waals surface area (Å²) in [5.41, 5.74) is 3.83. The predicted molar refractivity (Wildman–Crippen MR) is 111 cm³/mol. The molecule has 0 amide bonds. The van der Waals surface area contributed by atoms with E-state index in [4.69, 9.17) is 0 Å². The number of nitro groups is 2. The van der Waals surface area contributed by atoms with Crippen LogP contribution in [0.25, 0.3) is 0 Å². The van der Waals surface area contributed by atoms with Crippen molar-refractivity contribution in [2.45, 2.75) is 36.4 Å². The van der Waals surface area contributed by atoms with Crippen molar-refractivity contribution >= 4 is 38.7 Å². The van der Waals surface area contributed by atoms with Crippen molar-refractivity contribution in [2.75, 3.05) is 5.43 Å². The Balaban J connectivity index is 2.00. The lowest BCUT2D eigenvalue weighted by Gasteiger charge is -2.33. The lowest BCUT2D eigenvalue weighted by molar-refractivity contribution is -0.393. The van der Waals surface area contributed by atoms with Gasteiger partial charge in [0.2, 0.25) is 0 Å². The lowest BCUT2D eigenvalue weighted by Crippen LogP contribution is -2.35. The smallest absolute Gasteiger partial charge is 0.271 e. The van der Waals surface area contributed by atoms with Gasteiger partial charge in [0.25, 0.3) is 5.69 Å². The Morgan fingerprint density at radius 3 is 2.29 bits per heavy atom. The predicted octanol–water partition coefficient (Wildman–Crippen LogP) is 5.42. The summed E-state index contributed by atoms with van der Waals surface area (Å²) in [5.74, 6) is 0. The molecule has 28 heavy (non-hydrogen) atoms. The first-order chi connectivity index (χ1) is 13.4. The Bertz CT molecular complexity index is 911. The van der Waals surface area contributed by atoms with Crippen LogP contribution in [0.2, 0.25) is 0 Å². The van der Waals surface area contributed by atoms with Crippen LogP contribution in [0.15, 0.2) is 53.6 Å². The van der Waals surface area contributed by atoms with Gasteiger partial charge in [-0.1, -0.05) is 65.5 Å². The number of anilines is 1. The van der Waals surface area contributed by atoms with Gasteiger partial charge in [-0.3, -0.25) is 25.7 Å². The summed E-state index contributed by atoms with van der Waals surface area (Å²) in [5, 5.41) is 26.8. The molecule has 0 spiro atoms. The molecule has 0 bridgehead atoms. The minimum absolute atomic E-state index is 0.107. The summed E-state index contributed by atoms with van der Waals surface area (Å²) < 4.78 is -0.324. The maximum Gasteiger partial charge on any atom is 0.301 e. The number of nitro benzene ring substituents is 2. The van der Waals surface area contributed by atoms with E-state index in [2.05, 4.69) is 26.5 Å². The highest BCUT2D eigenvalue weighted by Gasteiger charge is 2.35. The molecule has 0 aromatic heterocycles. The zero-order valence-corrected chi connectivity index (χ0v) is 16.6. The number of alkyl halides is 1. The summed E-state index contributed by atoms with van der Waals surface area (Å²) in [6, 6.07) is 13.1. The second-order valence-corrected chi connectivity index (χ2v) is 8.20. The maximum absolute atomic E-state index is 11.4. The fourth-order valence-corrected chi connectivity index (χ4v) is 4.24. The summed E-state index contributed by atoms with van der Waals surface area (Å²) in [6.45, 7) is 0. The topological polar surface area (TPSA) is 111 Å². The van der Waals surface area contributed by atoms with Gasteiger partial charge in [-0.25, -0.2) is 0 Å². The fraction of sp³-hybridized carbons (Fsp3) is 0.316. The third-order valence-corrected chi connectivity index (χ3v) is 5.96. The highest BCUT2D eigenvalue weighted by atomic mass is 79.9. The van der Waals surface area contributed by atoms with Crippen LogP contribution in [0, 0.1) is 20.2 Å². The van der Waals surface area contributed by atoms with Gasteiger partial charge in [-0.2, -0.15) is 5.10 Å². The molecule has 0 saturated heterocycles. The molecule has 1 fully saturated rings. The summed E-state index contributed by atoms with van der Waals surface area (Å²) in [6.07, 6.45) is 5.11. The molecular formula is C19H19BrN4O4. The highest BCUT2D eigenvalue weighted by molar-refractivity contribution is 9.10. The summed E-state index contributed by atoms with van der Waals surface area (Å²) in [4.78, 5) is 21.0. The molecule has 146 valence electrons. The molecule has 1 aliphatic carbocycles. The Hall–Kier alpha value is -2.81. The lowest BCUT2D eigenvalue weighted by atomic mass is 9.83. The number of benzene rings is 2. The van der Waals surface area contributed by atoms with Crippen LogP contribution in [-0.2, 0) is 0 Å². The van der Waals surface area contributed by atoms with Crippen molar-refractivity contribution in [1.29, 1.82) is 0 Å². The van der Waals surface area contributed by atoms with Crippen molar-refractivity contribution in [2.24, 2.45) is 5.10 Å². The molecule has 2 aromatic carbocycles. The average Bonchev–Trinajstić information content (AvgIpc) is 2.69. The zero-order valence-electron chi connectivity index (χ0n) is 15.0.